The summed E-state index contributed by atoms with van der Waals surface area (Å²) in [4.78, 5) is 14.2. The lowest BCUT2D eigenvalue weighted by molar-refractivity contribution is 0.0587. The van der Waals surface area contributed by atoms with Gasteiger partial charge in [0.1, 0.15) is 5.69 Å². The van der Waals surface area contributed by atoms with E-state index in [0.717, 1.165) is 0 Å². The number of aromatic amines is 1. The van der Waals surface area contributed by atoms with Gasteiger partial charge < -0.3 is 20.1 Å². The van der Waals surface area contributed by atoms with Crippen LogP contribution in [0.2, 0.25) is 5.02 Å². The Morgan fingerprint density at radius 1 is 1.75 bits per heavy atom. The van der Waals surface area contributed by atoms with Crippen molar-refractivity contribution in [2.24, 2.45) is 0 Å². The van der Waals surface area contributed by atoms with E-state index in [9.17, 15) is 9.90 Å². The van der Waals surface area contributed by atoms with Gasteiger partial charge in [0, 0.05) is 19.9 Å². The smallest absolute Gasteiger partial charge is 0.267 e. The first kappa shape index (κ1) is 13.0. The Labute approximate surface area is 98.8 Å². The Kier molecular flexibility index (Phi) is 5.31. The van der Waals surface area contributed by atoms with Crippen LogP contribution in [-0.2, 0) is 4.74 Å². The van der Waals surface area contributed by atoms with Crippen molar-refractivity contribution >= 4 is 17.5 Å². The molecular formula is C10H15ClN2O3. The Balaban J connectivity index is 2.25. The molecule has 1 atom stereocenters. The minimum atomic E-state index is -0.558. The number of rotatable bonds is 6. The van der Waals surface area contributed by atoms with Gasteiger partial charge in [-0.25, -0.2) is 0 Å². The fourth-order valence-corrected chi connectivity index (χ4v) is 1.39. The number of H-pyrrole nitrogens is 1. The molecule has 1 rings (SSSR count). The maximum atomic E-state index is 11.5. The fraction of sp³-hybridized carbons (Fsp3) is 0.500. The molecule has 1 amide bonds. The van der Waals surface area contributed by atoms with Crippen molar-refractivity contribution in [2.75, 3.05) is 20.3 Å². The highest BCUT2D eigenvalue weighted by Gasteiger charge is 2.08. The van der Waals surface area contributed by atoms with Gasteiger partial charge in [-0.2, -0.15) is 0 Å². The second kappa shape index (κ2) is 6.52. The minimum absolute atomic E-state index is 0.239. The summed E-state index contributed by atoms with van der Waals surface area (Å²) < 4.78 is 4.76. The van der Waals surface area contributed by atoms with Gasteiger partial charge in [0.05, 0.1) is 17.7 Å². The van der Waals surface area contributed by atoms with Crippen molar-refractivity contribution in [1.82, 2.24) is 10.3 Å². The van der Waals surface area contributed by atoms with Crippen LogP contribution < -0.4 is 5.32 Å². The number of carbonyl (C=O) groups is 1. The van der Waals surface area contributed by atoms with Gasteiger partial charge in [0.15, 0.2) is 0 Å². The van der Waals surface area contributed by atoms with Crippen molar-refractivity contribution in [3.05, 3.63) is 23.0 Å². The predicted molar refractivity (Wildman–Crippen MR) is 60.6 cm³/mol. The van der Waals surface area contributed by atoms with Crippen molar-refractivity contribution in [3.8, 4) is 0 Å². The molecule has 90 valence electrons. The molecule has 0 saturated heterocycles. The maximum Gasteiger partial charge on any atom is 0.267 e. The van der Waals surface area contributed by atoms with Crippen LogP contribution in [0.3, 0.4) is 0 Å². The summed E-state index contributed by atoms with van der Waals surface area (Å²) in [5.74, 6) is -0.239. The number of methoxy groups -OCH3 is 1. The maximum absolute atomic E-state index is 11.5. The van der Waals surface area contributed by atoms with Gasteiger partial charge in [-0.15, -0.1) is 0 Å². The number of halogens is 1. The van der Waals surface area contributed by atoms with Gasteiger partial charge >= 0.3 is 0 Å². The standard InChI is InChI=1S/C10H15ClN2O3/c1-16-6-8(14)2-3-12-10(15)9-4-7(11)5-13-9/h4-5,8,13-14H,2-3,6H2,1H3,(H,12,15). The number of ether oxygens (including phenoxy) is 1. The molecule has 1 aromatic rings. The van der Waals surface area contributed by atoms with E-state index in [1.165, 1.54) is 13.3 Å². The molecule has 0 aromatic carbocycles. The lowest BCUT2D eigenvalue weighted by Gasteiger charge is -2.09. The van der Waals surface area contributed by atoms with Crippen molar-refractivity contribution < 1.29 is 14.6 Å². The summed E-state index contributed by atoms with van der Waals surface area (Å²) in [6, 6.07) is 1.54. The molecule has 1 unspecified atom stereocenters. The van der Waals surface area contributed by atoms with E-state index in [0.29, 0.717) is 23.7 Å². The van der Waals surface area contributed by atoms with E-state index < -0.39 is 6.10 Å². The first-order chi connectivity index (χ1) is 7.63. The van der Waals surface area contributed by atoms with Crippen LogP contribution in [0.15, 0.2) is 12.3 Å². The number of amides is 1. The third-order valence-electron chi connectivity index (χ3n) is 2.01. The average molecular weight is 247 g/mol. The zero-order valence-corrected chi connectivity index (χ0v) is 9.75. The molecule has 0 spiro atoms. The van der Waals surface area contributed by atoms with Crippen LogP contribution in [0.25, 0.3) is 0 Å². The highest BCUT2D eigenvalue weighted by molar-refractivity contribution is 6.30. The van der Waals surface area contributed by atoms with E-state index in [1.54, 1.807) is 6.07 Å². The Morgan fingerprint density at radius 2 is 2.50 bits per heavy atom. The molecule has 0 aliphatic carbocycles. The number of hydrogen-bond donors (Lipinski definition) is 3. The molecule has 1 heterocycles. The molecule has 6 heteroatoms. The summed E-state index contributed by atoms with van der Waals surface area (Å²) >= 11 is 5.66. The minimum Gasteiger partial charge on any atom is -0.391 e. The average Bonchev–Trinajstić information content (AvgIpc) is 2.65. The second-order valence-electron chi connectivity index (χ2n) is 3.39. The summed E-state index contributed by atoms with van der Waals surface area (Å²) in [5.41, 5.74) is 0.409. The lowest BCUT2D eigenvalue weighted by Crippen LogP contribution is -2.28. The summed E-state index contributed by atoms with van der Waals surface area (Å²) in [5, 5.41) is 12.5. The number of carbonyl (C=O) groups excluding carboxylic acids is 1. The molecule has 0 saturated carbocycles. The molecule has 0 aliphatic heterocycles. The van der Waals surface area contributed by atoms with Crippen molar-refractivity contribution in [1.29, 1.82) is 0 Å². The van der Waals surface area contributed by atoms with Crippen LogP contribution in [0.4, 0.5) is 0 Å². The number of aliphatic hydroxyl groups excluding tert-OH is 1. The second-order valence-corrected chi connectivity index (χ2v) is 3.82. The van der Waals surface area contributed by atoms with Crippen LogP contribution in [0.5, 0.6) is 0 Å². The SMILES string of the molecule is COCC(O)CCNC(=O)c1cc(Cl)c[nH]1. The number of aliphatic hydroxyl groups is 1. The topological polar surface area (TPSA) is 74.3 Å². The van der Waals surface area contributed by atoms with Gasteiger partial charge in [-0.1, -0.05) is 11.6 Å². The third-order valence-corrected chi connectivity index (χ3v) is 2.23. The lowest BCUT2D eigenvalue weighted by atomic mass is 10.2. The van der Waals surface area contributed by atoms with Crippen molar-refractivity contribution in [2.45, 2.75) is 12.5 Å². The van der Waals surface area contributed by atoms with E-state index in [-0.39, 0.29) is 12.5 Å². The molecule has 5 nitrogen and oxygen atoms in total. The molecule has 16 heavy (non-hydrogen) atoms. The molecule has 0 radical (unpaired) electrons. The van der Waals surface area contributed by atoms with Crippen LogP contribution >= 0.6 is 11.6 Å². The monoisotopic (exact) mass is 246 g/mol. The molecule has 0 aliphatic rings. The molecular weight excluding hydrogens is 232 g/mol. The van der Waals surface area contributed by atoms with Gasteiger partial charge in [0.25, 0.3) is 5.91 Å². The largest absolute Gasteiger partial charge is 0.391 e. The highest BCUT2D eigenvalue weighted by atomic mass is 35.5. The van der Waals surface area contributed by atoms with Gasteiger partial charge in [-0.05, 0) is 12.5 Å². The van der Waals surface area contributed by atoms with Crippen molar-refractivity contribution in [3.63, 3.8) is 0 Å². The normalized spacial score (nSPS) is 12.4. The van der Waals surface area contributed by atoms with E-state index in [1.807, 2.05) is 0 Å². The Bertz CT molecular complexity index is 341. The molecule has 1 aromatic heterocycles. The molecule has 0 bridgehead atoms. The zero-order valence-electron chi connectivity index (χ0n) is 9.00. The number of nitrogens with one attached hydrogen (secondary N) is 2. The first-order valence-electron chi connectivity index (χ1n) is 4.92. The summed E-state index contributed by atoms with van der Waals surface area (Å²) in [7, 11) is 1.52. The zero-order chi connectivity index (χ0) is 12.0. The molecule has 3 N–H and O–H groups in total. The quantitative estimate of drug-likeness (QED) is 0.695. The number of aromatic nitrogens is 1. The third kappa shape index (κ3) is 4.22. The van der Waals surface area contributed by atoms with Crippen LogP contribution in [-0.4, -0.2) is 42.4 Å². The van der Waals surface area contributed by atoms with Gasteiger partial charge in [-0.3, -0.25) is 4.79 Å². The summed E-state index contributed by atoms with van der Waals surface area (Å²) in [6.07, 6.45) is 1.43. The van der Waals surface area contributed by atoms with Gasteiger partial charge in [0.2, 0.25) is 0 Å². The molecule has 0 fully saturated rings. The van der Waals surface area contributed by atoms with E-state index in [2.05, 4.69) is 10.3 Å². The fourth-order valence-electron chi connectivity index (χ4n) is 1.22. The Morgan fingerprint density at radius 3 is 3.06 bits per heavy atom. The Hall–Kier alpha value is -1.04. The first-order valence-corrected chi connectivity index (χ1v) is 5.30. The van der Waals surface area contributed by atoms with E-state index in [4.69, 9.17) is 16.3 Å². The number of hydrogen-bond acceptors (Lipinski definition) is 3. The predicted octanol–water partition coefficient (Wildman–Crippen LogP) is 0.795. The summed E-state index contributed by atoms with van der Waals surface area (Å²) in [6.45, 7) is 0.657. The highest BCUT2D eigenvalue weighted by Crippen LogP contribution is 2.08. The van der Waals surface area contributed by atoms with E-state index >= 15 is 0 Å². The van der Waals surface area contributed by atoms with Crippen LogP contribution in [0, 0.1) is 0 Å². The van der Waals surface area contributed by atoms with Crippen LogP contribution in [0.1, 0.15) is 16.9 Å².